The van der Waals surface area contributed by atoms with Gasteiger partial charge in [0.25, 0.3) is 0 Å². The molecular weight excluding hydrogens is 560 g/mol. The van der Waals surface area contributed by atoms with Crippen molar-refractivity contribution in [1.29, 1.82) is 0 Å². The first kappa shape index (κ1) is 30.6. The lowest BCUT2D eigenvalue weighted by atomic mass is 9.85. The first-order valence-electron chi connectivity index (χ1n) is 16.2. The van der Waals surface area contributed by atoms with Crippen molar-refractivity contribution in [1.82, 2.24) is 20.2 Å². The Morgan fingerprint density at radius 3 is 2.55 bits per heavy atom. The highest BCUT2D eigenvalue weighted by atomic mass is 16.6. The van der Waals surface area contributed by atoms with E-state index in [0.717, 1.165) is 43.3 Å². The largest absolute Gasteiger partial charge is 0.497 e. The summed E-state index contributed by atoms with van der Waals surface area (Å²) in [6.45, 7) is 9.37. The van der Waals surface area contributed by atoms with Crippen LogP contribution in [0.3, 0.4) is 0 Å². The number of benzene rings is 1. The highest BCUT2D eigenvalue weighted by Crippen LogP contribution is 2.57. The van der Waals surface area contributed by atoms with E-state index in [-0.39, 0.29) is 30.3 Å². The SMILES string of the molecule is COc1ccc2nc3c(nc2c1)O[C@H]1CN(C(=O)[C@H](C(C)(C)C)NC(=O)O[C@@H]2C[C@@H]4CC4[C@H]2CCCCC3)[C@H](C(C)=O)[C@@H]1C. The number of hydrogen-bond acceptors (Lipinski definition) is 8. The molecule has 2 aliphatic carbocycles. The van der Waals surface area contributed by atoms with E-state index in [0.29, 0.717) is 41.3 Å². The molecular formula is C34H46N4O6. The van der Waals surface area contributed by atoms with Gasteiger partial charge in [0, 0.05) is 12.0 Å². The second-order valence-corrected chi connectivity index (χ2v) is 14.4. The van der Waals surface area contributed by atoms with Gasteiger partial charge >= 0.3 is 6.09 Å². The van der Waals surface area contributed by atoms with Gasteiger partial charge in [0.05, 0.1) is 30.7 Å². The van der Waals surface area contributed by atoms with Crippen LogP contribution in [0.2, 0.25) is 0 Å². The van der Waals surface area contributed by atoms with E-state index < -0.39 is 29.7 Å². The van der Waals surface area contributed by atoms with Crippen molar-refractivity contribution >= 4 is 28.8 Å². The number of ketones is 1. The number of nitrogens with zero attached hydrogens (tertiary/aromatic N) is 3. The maximum Gasteiger partial charge on any atom is 0.408 e. The predicted octanol–water partition coefficient (Wildman–Crippen LogP) is 5.10. The Morgan fingerprint density at radius 1 is 1.02 bits per heavy atom. The molecule has 3 heterocycles. The Hall–Kier alpha value is -3.43. The number of hydrogen-bond donors (Lipinski definition) is 1. The van der Waals surface area contributed by atoms with E-state index in [1.165, 1.54) is 13.3 Å². The number of carbonyl (C=O) groups excluding carboxylic acids is 3. The van der Waals surface area contributed by atoms with Gasteiger partial charge in [-0.1, -0.05) is 40.5 Å². The van der Waals surface area contributed by atoms with E-state index in [1.54, 1.807) is 12.0 Å². The minimum Gasteiger partial charge on any atom is -0.497 e. The van der Waals surface area contributed by atoms with E-state index in [9.17, 15) is 14.4 Å². The van der Waals surface area contributed by atoms with E-state index in [2.05, 4.69) is 5.32 Å². The van der Waals surface area contributed by atoms with Crippen molar-refractivity contribution in [2.75, 3.05) is 13.7 Å². The number of carbonyl (C=O) groups is 3. The highest BCUT2D eigenvalue weighted by molar-refractivity contribution is 5.92. The summed E-state index contributed by atoms with van der Waals surface area (Å²) in [5.74, 6) is 1.99. The standard InChI is InChI=1S/C34H46N4O6/c1-18-28-17-38(29(18)19(2)39)32(40)30(34(3,4)5)37-33(41)44-27-15-20-14-23(20)22(27)10-8-7-9-11-25-31(43-28)36-26-16-21(42-6)12-13-24(26)35-25/h12-13,16,18,20,22-23,27-30H,7-11,14-15,17H2,1-6H3,(H,37,41)/t18-,20+,22-,23?,27-,28+,29+,30-/m1/s1. The zero-order valence-corrected chi connectivity index (χ0v) is 26.8. The van der Waals surface area contributed by atoms with Gasteiger partial charge in [-0.2, -0.15) is 0 Å². The van der Waals surface area contributed by atoms with Crippen molar-refractivity contribution < 1.29 is 28.6 Å². The van der Waals surface area contributed by atoms with Crippen LogP contribution in [0.5, 0.6) is 11.6 Å². The average molecular weight is 607 g/mol. The summed E-state index contributed by atoms with van der Waals surface area (Å²) in [5, 5.41) is 2.92. The summed E-state index contributed by atoms with van der Waals surface area (Å²) in [6.07, 6.45) is 5.66. The molecule has 10 heteroatoms. The molecule has 1 N–H and O–H groups in total. The van der Waals surface area contributed by atoms with Crippen molar-refractivity contribution in [3.63, 3.8) is 0 Å². The van der Waals surface area contributed by atoms with Crippen LogP contribution in [0.15, 0.2) is 18.2 Å². The molecule has 1 saturated heterocycles. The second-order valence-electron chi connectivity index (χ2n) is 14.4. The molecule has 0 spiro atoms. The topological polar surface area (TPSA) is 120 Å². The smallest absolute Gasteiger partial charge is 0.408 e. The van der Waals surface area contributed by atoms with Gasteiger partial charge in [0.1, 0.15) is 29.7 Å². The number of amides is 2. The molecule has 1 unspecified atom stereocenters. The molecule has 2 amide bonds. The van der Waals surface area contributed by atoms with E-state index in [1.807, 2.05) is 45.9 Å². The summed E-state index contributed by atoms with van der Waals surface area (Å²) >= 11 is 0. The summed E-state index contributed by atoms with van der Waals surface area (Å²) in [4.78, 5) is 52.0. The molecule has 2 aromatic rings. The highest BCUT2D eigenvalue weighted by Gasteiger charge is 2.55. The molecule has 2 bridgehead atoms. The molecule has 3 fully saturated rings. The van der Waals surface area contributed by atoms with Gasteiger partial charge in [-0.3, -0.25) is 9.59 Å². The number of alkyl carbamates (subject to hydrolysis) is 1. The van der Waals surface area contributed by atoms with Crippen LogP contribution in [-0.2, 0) is 20.7 Å². The summed E-state index contributed by atoms with van der Waals surface area (Å²) in [6, 6.07) is 4.05. The molecule has 2 saturated carbocycles. The number of aryl methyl sites for hydroxylation is 1. The lowest BCUT2D eigenvalue weighted by Gasteiger charge is -2.35. The predicted molar refractivity (Wildman–Crippen MR) is 164 cm³/mol. The third-order valence-electron chi connectivity index (χ3n) is 10.3. The number of ether oxygens (including phenoxy) is 3. The fourth-order valence-electron chi connectivity index (χ4n) is 7.81. The number of rotatable bonds is 2. The monoisotopic (exact) mass is 606 g/mol. The van der Waals surface area contributed by atoms with Gasteiger partial charge in [-0.05, 0) is 74.3 Å². The first-order valence-corrected chi connectivity index (χ1v) is 16.2. The van der Waals surface area contributed by atoms with Gasteiger partial charge in [-0.15, -0.1) is 0 Å². The van der Waals surface area contributed by atoms with E-state index >= 15 is 0 Å². The molecule has 238 valence electrons. The average Bonchev–Trinajstić information content (AvgIpc) is 3.53. The molecule has 0 radical (unpaired) electrons. The first-order chi connectivity index (χ1) is 20.9. The van der Waals surface area contributed by atoms with Crippen molar-refractivity contribution in [2.24, 2.45) is 29.1 Å². The van der Waals surface area contributed by atoms with Gasteiger partial charge in [-0.25, -0.2) is 14.8 Å². The third-order valence-corrected chi connectivity index (χ3v) is 10.3. The Balaban J connectivity index is 1.36. The fourth-order valence-corrected chi connectivity index (χ4v) is 7.81. The van der Waals surface area contributed by atoms with Crippen LogP contribution >= 0.6 is 0 Å². The summed E-state index contributed by atoms with van der Waals surface area (Å²) in [5.41, 5.74) is 1.59. The van der Waals surface area contributed by atoms with Crippen LogP contribution in [0.4, 0.5) is 4.79 Å². The zero-order valence-electron chi connectivity index (χ0n) is 26.8. The summed E-state index contributed by atoms with van der Waals surface area (Å²) < 4.78 is 18.1. The quantitative estimate of drug-likeness (QED) is 0.501. The number of methoxy groups -OCH3 is 1. The maximum absolute atomic E-state index is 14.2. The normalized spacial score (nSPS) is 32.7. The van der Waals surface area contributed by atoms with Crippen LogP contribution < -0.4 is 14.8 Å². The fraction of sp³-hybridized carbons (Fsp3) is 0.676. The molecule has 10 nitrogen and oxygen atoms in total. The van der Waals surface area contributed by atoms with Gasteiger partial charge in [0.2, 0.25) is 11.8 Å². The molecule has 44 heavy (non-hydrogen) atoms. The number of aromatic nitrogens is 2. The molecule has 1 aromatic heterocycles. The Labute approximate surface area is 259 Å². The van der Waals surface area contributed by atoms with E-state index in [4.69, 9.17) is 24.2 Å². The van der Waals surface area contributed by atoms with Crippen molar-refractivity contribution in [3.05, 3.63) is 23.9 Å². The van der Waals surface area contributed by atoms with Crippen LogP contribution in [-0.4, -0.2) is 70.6 Å². The lowest BCUT2D eigenvalue weighted by Crippen LogP contribution is -2.57. The number of nitrogens with one attached hydrogen (secondary N) is 1. The zero-order chi connectivity index (χ0) is 31.3. The minimum atomic E-state index is -0.875. The molecule has 8 atom stereocenters. The minimum absolute atomic E-state index is 0.124. The van der Waals surface area contributed by atoms with Gasteiger partial charge in [0.15, 0.2) is 5.78 Å². The Morgan fingerprint density at radius 2 is 1.82 bits per heavy atom. The molecule has 1 aromatic carbocycles. The Kier molecular flexibility index (Phi) is 8.22. The molecule has 2 aliphatic heterocycles. The molecule has 6 rings (SSSR count). The summed E-state index contributed by atoms with van der Waals surface area (Å²) in [7, 11) is 1.61. The lowest BCUT2D eigenvalue weighted by molar-refractivity contribution is -0.141. The van der Waals surface area contributed by atoms with Crippen LogP contribution in [0.1, 0.15) is 78.8 Å². The van der Waals surface area contributed by atoms with Crippen LogP contribution in [0, 0.1) is 29.1 Å². The van der Waals surface area contributed by atoms with Gasteiger partial charge < -0.3 is 24.4 Å². The van der Waals surface area contributed by atoms with Crippen molar-refractivity contribution in [2.45, 2.75) is 104 Å². The van der Waals surface area contributed by atoms with Crippen molar-refractivity contribution in [3.8, 4) is 11.6 Å². The molecule has 4 aliphatic rings. The van der Waals surface area contributed by atoms with Crippen LogP contribution in [0.25, 0.3) is 11.0 Å². The maximum atomic E-state index is 14.2. The second kappa shape index (κ2) is 11.8. The Bertz CT molecular complexity index is 1440. The third kappa shape index (κ3) is 5.96. The number of Topliss-reactive ketones (excluding diaryl/α,β-unsaturated/α-hetero) is 1. The number of fused-ring (bicyclic) bond motifs is 7.